The molecule has 0 aromatic heterocycles. The quantitative estimate of drug-likeness (QED) is 0.209. The topological polar surface area (TPSA) is 47.9 Å². The van der Waals surface area contributed by atoms with Gasteiger partial charge in [-0.15, -0.1) is 6.58 Å². The number of hydrogen-bond donors (Lipinski definition) is 0. The lowest BCUT2D eigenvalue weighted by atomic mass is 10.1. The van der Waals surface area contributed by atoms with E-state index in [1.54, 1.807) is 32.1 Å². The van der Waals surface area contributed by atoms with Crippen LogP contribution < -0.4 is 0 Å². The zero-order chi connectivity index (χ0) is 17.5. The predicted molar refractivity (Wildman–Crippen MR) is 101 cm³/mol. The van der Waals surface area contributed by atoms with Gasteiger partial charge in [-0.1, -0.05) is 57.3 Å². The molecule has 0 bridgehead atoms. The van der Waals surface area contributed by atoms with Crippen molar-refractivity contribution in [2.45, 2.75) is 17.9 Å². The lowest BCUT2D eigenvalue weighted by Crippen LogP contribution is -2.30. The van der Waals surface area contributed by atoms with Crippen LogP contribution in [0, 0.1) is 0 Å². The number of alkyl halides is 2. The van der Waals surface area contributed by atoms with Crippen LogP contribution in [-0.2, 0) is 13.6 Å². The van der Waals surface area contributed by atoms with Gasteiger partial charge in [-0.25, -0.2) is 0 Å². The second-order valence-corrected chi connectivity index (χ2v) is 9.31. The zero-order valence-electron chi connectivity index (χ0n) is 13.0. The molecule has 0 heterocycles. The Hall–Kier alpha value is -0.160. The van der Waals surface area contributed by atoms with Gasteiger partial charge in [0.05, 0.1) is 25.5 Å². The van der Waals surface area contributed by atoms with Gasteiger partial charge in [-0.3, -0.25) is 9.56 Å². The molecule has 1 aromatic rings. The van der Waals surface area contributed by atoms with Gasteiger partial charge in [0.15, 0.2) is 0 Å². The van der Waals surface area contributed by atoms with Crippen molar-refractivity contribution >= 4 is 52.4 Å². The first-order valence-electron chi connectivity index (χ1n) is 7.01. The summed E-state index contributed by atoms with van der Waals surface area (Å²) in [5.41, 5.74) is 0.846. The predicted octanol–water partition coefficient (Wildman–Crippen LogP) is 5.82. The van der Waals surface area contributed by atoms with Crippen molar-refractivity contribution < 1.29 is 13.6 Å². The minimum Gasteiger partial charge on any atom is -0.306 e. The van der Waals surface area contributed by atoms with E-state index in [2.05, 4.69) is 27.5 Å². The second-order valence-electron chi connectivity index (χ2n) is 4.36. The molecular weight excluding hydrogens is 424 g/mol. The summed E-state index contributed by atoms with van der Waals surface area (Å²) in [5, 5.41) is 0. The molecule has 0 spiro atoms. The zero-order valence-corrected chi connectivity index (χ0v) is 17.0. The average Bonchev–Trinajstić information content (AvgIpc) is 2.49. The SMILES string of the molecule is C=CCN=C(c1ccc(Br)cc1)C(Cl)(Cl)P(=O)(OCC)OCC. The molecule has 23 heavy (non-hydrogen) atoms. The van der Waals surface area contributed by atoms with Gasteiger partial charge in [0.2, 0.25) is 0 Å². The standard InChI is InChI=1S/C15H19BrCl2NO3P/c1-4-11-19-14(12-7-9-13(16)10-8-12)15(17,18)23(20,21-5-2)22-6-3/h4,7-10H,1,5-6,11H2,2-3H3. The number of aliphatic imine (C=N–C) groups is 1. The Morgan fingerprint density at radius 1 is 1.30 bits per heavy atom. The maximum atomic E-state index is 13.1. The molecule has 128 valence electrons. The van der Waals surface area contributed by atoms with Gasteiger partial charge >= 0.3 is 7.60 Å². The molecule has 0 saturated carbocycles. The van der Waals surface area contributed by atoms with E-state index in [0.717, 1.165) is 4.47 Å². The van der Waals surface area contributed by atoms with Crippen LogP contribution in [0.1, 0.15) is 19.4 Å². The van der Waals surface area contributed by atoms with E-state index >= 15 is 0 Å². The molecule has 0 aliphatic heterocycles. The smallest absolute Gasteiger partial charge is 0.306 e. The van der Waals surface area contributed by atoms with Crippen LogP contribution in [0.2, 0.25) is 0 Å². The molecule has 0 aliphatic carbocycles. The summed E-state index contributed by atoms with van der Waals surface area (Å²) in [6, 6.07) is 7.17. The van der Waals surface area contributed by atoms with Gasteiger partial charge < -0.3 is 9.05 Å². The van der Waals surface area contributed by atoms with Crippen molar-refractivity contribution in [3.05, 3.63) is 47.0 Å². The lowest BCUT2D eigenvalue weighted by Gasteiger charge is -2.30. The fraction of sp³-hybridized carbons (Fsp3) is 0.400. The first-order valence-corrected chi connectivity index (χ1v) is 10.1. The Balaban J connectivity index is 3.41. The molecule has 0 amide bonds. The maximum Gasteiger partial charge on any atom is 0.372 e. The Morgan fingerprint density at radius 3 is 2.26 bits per heavy atom. The van der Waals surface area contributed by atoms with Crippen LogP contribution in [-0.4, -0.2) is 29.5 Å². The maximum absolute atomic E-state index is 13.1. The van der Waals surface area contributed by atoms with E-state index in [4.69, 9.17) is 32.2 Å². The third-order valence-electron chi connectivity index (χ3n) is 2.72. The van der Waals surface area contributed by atoms with E-state index in [-0.39, 0.29) is 25.5 Å². The van der Waals surface area contributed by atoms with Crippen molar-refractivity contribution in [1.82, 2.24) is 0 Å². The van der Waals surface area contributed by atoms with E-state index in [1.165, 1.54) is 0 Å². The van der Waals surface area contributed by atoms with Gasteiger partial charge in [0, 0.05) is 4.47 Å². The summed E-state index contributed by atoms with van der Waals surface area (Å²) in [6.07, 6.45) is 1.59. The summed E-state index contributed by atoms with van der Waals surface area (Å²) in [5.74, 6) is 0. The molecule has 0 unspecified atom stereocenters. The van der Waals surface area contributed by atoms with Gasteiger partial charge in [0.25, 0.3) is 4.07 Å². The second kappa shape index (κ2) is 9.36. The monoisotopic (exact) mass is 441 g/mol. The van der Waals surface area contributed by atoms with Gasteiger partial charge in [0.1, 0.15) is 0 Å². The summed E-state index contributed by atoms with van der Waals surface area (Å²) >= 11 is 16.3. The summed E-state index contributed by atoms with van der Waals surface area (Å²) in [4.78, 5) is 4.33. The molecule has 1 rings (SSSR count). The lowest BCUT2D eigenvalue weighted by molar-refractivity contribution is 0.219. The Morgan fingerprint density at radius 2 is 1.83 bits per heavy atom. The largest absolute Gasteiger partial charge is 0.372 e. The molecule has 1 aromatic carbocycles. The molecule has 0 atom stereocenters. The first-order chi connectivity index (χ1) is 10.8. The fourth-order valence-corrected chi connectivity index (χ4v) is 4.52. The summed E-state index contributed by atoms with van der Waals surface area (Å²) in [7, 11) is -3.84. The molecule has 0 aliphatic rings. The molecule has 0 radical (unpaired) electrons. The van der Waals surface area contributed by atoms with Crippen molar-refractivity contribution in [3.8, 4) is 0 Å². The minimum absolute atomic E-state index is 0.146. The highest BCUT2D eigenvalue weighted by atomic mass is 79.9. The Kier molecular flexibility index (Phi) is 8.50. The molecule has 0 N–H and O–H groups in total. The third kappa shape index (κ3) is 5.15. The molecule has 4 nitrogen and oxygen atoms in total. The van der Waals surface area contributed by atoms with Crippen LogP contribution in [0.25, 0.3) is 0 Å². The molecule has 8 heteroatoms. The molecular formula is C15H19BrCl2NO3P. The highest BCUT2D eigenvalue weighted by molar-refractivity contribution is 9.10. The number of benzene rings is 1. The fourth-order valence-electron chi connectivity index (χ4n) is 1.79. The minimum atomic E-state index is -3.84. The average molecular weight is 443 g/mol. The normalized spacial score (nSPS) is 13.2. The summed E-state index contributed by atoms with van der Waals surface area (Å²) in [6.45, 7) is 7.57. The van der Waals surface area contributed by atoms with E-state index in [1.807, 2.05) is 12.1 Å². The first kappa shape index (κ1) is 20.9. The Bertz CT molecular complexity index is 595. The highest BCUT2D eigenvalue weighted by Gasteiger charge is 2.53. The number of halogens is 3. The summed E-state index contributed by atoms with van der Waals surface area (Å²) < 4.78 is 22.6. The van der Waals surface area contributed by atoms with Crippen molar-refractivity contribution in [2.24, 2.45) is 4.99 Å². The van der Waals surface area contributed by atoms with Crippen molar-refractivity contribution in [1.29, 1.82) is 0 Å². The van der Waals surface area contributed by atoms with E-state index in [9.17, 15) is 4.57 Å². The number of nitrogens with zero attached hydrogens (tertiary/aromatic N) is 1. The highest BCUT2D eigenvalue weighted by Crippen LogP contribution is 2.65. The van der Waals surface area contributed by atoms with Gasteiger partial charge in [-0.2, -0.15) is 0 Å². The van der Waals surface area contributed by atoms with Crippen LogP contribution >= 0.6 is 46.7 Å². The number of hydrogen-bond acceptors (Lipinski definition) is 4. The van der Waals surface area contributed by atoms with Crippen LogP contribution in [0.5, 0.6) is 0 Å². The Labute approximate surface area is 155 Å². The van der Waals surface area contributed by atoms with Gasteiger partial charge in [-0.05, 0) is 31.5 Å². The third-order valence-corrected chi connectivity index (χ3v) is 6.95. The van der Waals surface area contributed by atoms with E-state index < -0.39 is 11.7 Å². The molecule has 0 fully saturated rings. The van der Waals surface area contributed by atoms with Crippen LogP contribution in [0.15, 0.2) is 46.4 Å². The molecule has 0 saturated heterocycles. The van der Waals surface area contributed by atoms with Crippen LogP contribution in [0.3, 0.4) is 0 Å². The number of rotatable bonds is 9. The van der Waals surface area contributed by atoms with Crippen molar-refractivity contribution in [3.63, 3.8) is 0 Å². The van der Waals surface area contributed by atoms with Crippen molar-refractivity contribution in [2.75, 3.05) is 19.8 Å². The van der Waals surface area contributed by atoms with E-state index in [0.29, 0.717) is 5.56 Å². The van der Waals surface area contributed by atoms with Crippen LogP contribution in [0.4, 0.5) is 0 Å².